The largest absolute Gasteiger partial charge is 0.551 e. The third kappa shape index (κ3) is 7.43. The second-order valence-corrected chi connectivity index (χ2v) is 20.8. The summed E-state index contributed by atoms with van der Waals surface area (Å²) >= 11 is 1.96. The second-order valence-electron chi connectivity index (χ2n) is 19.7. The SMILES string of the molecule is C=C(/C=C1\C2=C(C)N(c3ccccc3)c3c(cc4c(c3C)N(c3ccccc3)c3cc(N(c5ccccc5)c5ccccc5)cc5c3B4Sc3ccccc3-5)B2Oc2ccccc21)N(c1ccccc1)c1ccccc1. The van der Waals surface area contributed by atoms with Crippen LogP contribution in [0.2, 0.25) is 0 Å². The fourth-order valence-corrected chi connectivity index (χ4v) is 13.5. The molecular formula is C68H50B2N4OS. The molecule has 0 fully saturated rings. The monoisotopic (exact) mass is 992 g/mol. The third-order valence-electron chi connectivity index (χ3n) is 15.3. The molecule has 4 heterocycles. The molecule has 5 nitrogen and oxygen atoms in total. The Morgan fingerprint density at radius 2 is 1.00 bits per heavy atom. The maximum Gasteiger partial charge on any atom is 0.431 e. The molecule has 0 N–H and O–H groups in total. The third-order valence-corrected chi connectivity index (χ3v) is 16.6. The van der Waals surface area contributed by atoms with Crippen molar-refractivity contribution in [1.29, 1.82) is 0 Å². The highest BCUT2D eigenvalue weighted by Crippen LogP contribution is 2.53. The van der Waals surface area contributed by atoms with Gasteiger partial charge in [-0.15, -0.1) is 0 Å². The topological polar surface area (TPSA) is 22.2 Å². The fraction of sp³-hybridized carbons (Fsp3) is 0.0294. The van der Waals surface area contributed by atoms with Gasteiger partial charge in [-0.1, -0.05) is 158 Å². The van der Waals surface area contributed by atoms with E-state index in [1.807, 2.05) is 11.6 Å². The van der Waals surface area contributed by atoms with Crippen molar-refractivity contribution in [2.24, 2.45) is 0 Å². The van der Waals surface area contributed by atoms with Crippen LogP contribution in [0, 0.1) is 6.92 Å². The average molecular weight is 993 g/mol. The summed E-state index contributed by atoms with van der Waals surface area (Å²) in [4.78, 5) is 11.0. The van der Waals surface area contributed by atoms with Crippen LogP contribution in [-0.4, -0.2) is 12.9 Å². The second kappa shape index (κ2) is 18.7. The number of anilines is 10. The smallest absolute Gasteiger partial charge is 0.431 e. The van der Waals surface area contributed by atoms with Gasteiger partial charge in [0.1, 0.15) is 5.75 Å². The Morgan fingerprint density at radius 1 is 0.500 bits per heavy atom. The molecule has 10 aromatic rings. The van der Waals surface area contributed by atoms with E-state index >= 15 is 0 Å². The zero-order valence-corrected chi connectivity index (χ0v) is 43.0. The number of benzene rings is 10. The van der Waals surface area contributed by atoms with Gasteiger partial charge >= 0.3 is 6.92 Å². The molecule has 76 heavy (non-hydrogen) atoms. The summed E-state index contributed by atoms with van der Waals surface area (Å²) in [5.74, 6) is 0.809. The summed E-state index contributed by atoms with van der Waals surface area (Å²) in [5, 5.41) is 0. The van der Waals surface area contributed by atoms with Crippen molar-refractivity contribution in [2.75, 3.05) is 19.6 Å². The standard InChI is InChI=1S/C68H50B2N4OS/c1-46(71(49-26-10-4-11-27-49)50-28-12-5-13-29-50)42-58-56-38-22-24-40-63(56)75-69-60-45-61-68(47(2)67(60)72(48(3)65(58)69)51-30-14-6-15-31-51)74(54-36-20-9-21-37-54)62-44-55(43-59-57-39-23-25-41-64(57)76-70(61)66(59)62)73(52-32-16-7-17-33-52)53-34-18-8-19-35-53/h4-45H,1H2,2-3H3/b58-42-. The first kappa shape index (κ1) is 45.5. The molecule has 4 aliphatic heterocycles. The lowest BCUT2D eigenvalue weighted by atomic mass is 9.46. The number of rotatable bonds is 9. The first-order valence-corrected chi connectivity index (χ1v) is 26.9. The number of para-hydroxylation sites is 7. The first-order valence-electron chi connectivity index (χ1n) is 26.0. The van der Waals surface area contributed by atoms with Crippen LogP contribution in [0.5, 0.6) is 5.75 Å². The molecule has 14 rings (SSSR count). The summed E-state index contributed by atoms with van der Waals surface area (Å²) in [6, 6.07) is 89.3. The van der Waals surface area contributed by atoms with Crippen molar-refractivity contribution in [1.82, 2.24) is 0 Å². The number of fused-ring (bicyclic) bond motifs is 8. The maximum absolute atomic E-state index is 7.48. The van der Waals surface area contributed by atoms with E-state index in [4.69, 9.17) is 11.2 Å². The van der Waals surface area contributed by atoms with E-state index in [9.17, 15) is 0 Å². The minimum atomic E-state index is -0.436. The van der Waals surface area contributed by atoms with Crippen LogP contribution >= 0.6 is 11.6 Å². The van der Waals surface area contributed by atoms with Crippen molar-refractivity contribution >= 4 is 103 Å². The van der Waals surface area contributed by atoms with Crippen molar-refractivity contribution in [3.63, 3.8) is 0 Å². The van der Waals surface area contributed by atoms with Gasteiger partial charge in [0.15, 0.2) is 0 Å². The van der Waals surface area contributed by atoms with Gasteiger partial charge in [-0.3, -0.25) is 0 Å². The van der Waals surface area contributed by atoms with E-state index in [1.165, 1.54) is 43.9 Å². The molecule has 10 aromatic carbocycles. The van der Waals surface area contributed by atoms with Gasteiger partial charge in [-0.05, 0) is 161 Å². The molecule has 8 heteroatoms. The van der Waals surface area contributed by atoms with Crippen LogP contribution < -0.4 is 40.6 Å². The zero-order valence-electron chi connectivity index (χ0n) is 42.2. The lowest BCUT2D eigenvalue weighted by Gasteiger charge is -2.46. The van der Waals surface area contributed by atoms with Crippen LogP contribution in [0.25, 0.3) is 16.7 Å². The number of nitrogens with zero attached hydrogens (tertiary/aromatic N) is 4. The van der Waals surface area contributed by atoms with Gasteiger partial charge in [-0.2, -0.15) is 11.6 Å². The lowest BCUT2D eigenvalue weighted by molar-refractivity contribution is 0.579. The van der Waals surface area contributed by atoms with Crippen molar-refractivity contribution in [3.8, 4) is 16.9 Å². The molecule has 0 spiro atoms. The summed E-state index contributed by atoms with van der Waals surface area (Å²) in [6.45, 7) is 9.03. The highest BCUT2D eigenvalue weighted by Gasteiger charge is 2.48. The average Bonchev–Trinajstić information content (AvgIpc) is 3.67. The summed E-state index contributed by atoms with van der Waals surface area (Å²) < 4.78 is 7.48. The maximum atomic E-state index is 7.48. The molecule has 0 radical (unpaired) electrons. The Bertz CT molecular complexity index is 3870. The predicted molar refractivity (Wildman–Crippen MR) is 323 cm³/mol. The number of hydrogen-bond acceptors (Lipinski definition) is 6. The van der Waals surface area contributed by atoms with Gasteiger partial charge in [-0.25, -0.2) is 0 Å². The van der Waals surface area contributed by atoms with Crippen LogP contribution in [0.1, 0.15) is 18.1 Å². The van der Waals surface area contributed by atoms with E-state index in [1.54, 1.807) is 0 Å². The molecule has 0 unspecified atom stereocenters. The Kier molecular flexibility index (Phi) is 11.2. The Labute approximate surface area is 450 Å². The summed E-state index contributed by atoms with van der Waals surface area (Å²) in [6.07, 6.45) is 2.28. The fourth-order valence-electron chi connectivity index (χ4n) is 12.1. The summed E-state index contributed by atoms with van der Waals surface area (Å²) in [5.41, 5.74) is 23.5. The molecule has 0 aromatic heterocycles. The molecule has 0 bridgehead atoms. The zero-order chi connectivity index (χ0) is 50.9. The first-order chi connectivity index (χ1) is 37.5. The van der Waals surface area contributed by atoms with Gasteiger partial charge in [0, 0.05) is 78.7 Å². The van der Waals surface area contributed by atoms with Crippen molar-refractivity contribution in [3.05, 3.63) is 289 Å². The quantitative estimate of drug-likeness (QED) is 0.134. The molecule has 0 aliphatic carbocycles. The predicted octanol–water partition coefficient (Wildman–Crippen LogP) is 16.1. The Balaban J connectivity index is 1.03. The lowest BCUT2D eigenvalue weighted by Crippen LogP contribution is -2.55. The van der Waals surface area contributed by atoms with E-state index in [-0.39, 0.29) is 5.99 Å². The molecule has 360 valence electrons. The van der Waals surface area contributed by atoms with Crippen LogP contribution in [0.4, 0.5) is 56.9 Å². The van der Waals surface area contributed by atoms with E-state index < -0.39 is 6.92 Å². The highest BCUT2D eigenvalue weighted by atomic mass is 32.2. The Morgan fingerprint density at radius 3 is 1.61 bits per heavy atom. The van der Waals surface area contributed by atoms with E-state index in [0.29, 0.717) is 0 Å². The van der Waals surface area contributed by atoms with Gasteiger partial charge in [0.05, 0.1) is 0 Å². The minimum absolute atomic E-state index is 0.0357. The van der Waals surface area contributed by atoms with Crippen molar-refractivity contribution < 1.29 is 4.65 Å². The van der Waals surface area contributed by atoms with Gasteiger partial charge in [0.25, 0.3) is 5.99 Å². The molecule has 0 saturated heterocycles. The highest BCUT2D eigenvalue weighted by molar-refractivity contribution is 8.28. The van der Waals surface area contributed by atoms with E-state index in [0.717, 1.165) is 84.7 Å². The van der Waals surface area contributed by atoms with Gasteiger partial charge < -0.3 is 24.3 Å². The number of allylic oxidation sites excluding steroid dienone is 4. The van der Waals surface area contributed by atoms with Gasteiger partial charge in [0.2, 0.25) is 0 Å². The molecule has 0 atom stereocenters. The minimum Gasteiger partial charge on any atom is -0.551 e. The summed E-state index contributed by atoms with van der Waals surface area (Å²) in [7, 11) is 0. The molecular weight excluding hydrogens is 942 g/mol. The Hall–Kier alpha value is -9.10. The molecule has 0 saturated carbocycles. The van der Waals surface area contributed by atoms with E-state index in [2.05, 4.69) is 288 Å². The molecule has 4 aliphatic rings. The number of hydrogen-bond donors (Lipinski definition) is 0. The van der Waals surface area contributed by atoms with Crippen molar-refractivity contribution in [2.45, 2.75) is 18.7 Å². The van der Waals surface area contributed by atoms with Crippen LogP contribution in [0.3, 0.4) is 0 Å². The van der Waals surface area contributed by atoms with Crippen LogP contribution in [-0.2, 0) is 0 Å². The normalized spacial score (nSPS) is 14.2. The van der Waals surface area contributed by atoms with Crippen LogP contribution in [0.15, 0.2) is 283 Å². The molecule has 0 amide bonds.